The van der Waals surface area contributed by atoms with Crippen molar-refractivity contribution >= 4 is 27.1 Å². The molecule has 4 nitrogen and oxygen atoms in total. The van der Waals surface area contributed by atoms with E-state index in [1.165, 1.54) is 0 Å². The van der Waals surface area contributed by atoms with E-state index in [0.29, 0.717) is 22.8 Å². The Hall–Kier alpha value is -1.60. The van der Waals surface area contributed by atoms with E-state index in [1.54, 1.807) is 0 Å². The maximum Gasteiger partial charge on any atom is 0.175 e. The van der Waals surface area contributed by atoms with Crippen molar-refractivity contribution in [3.8, 4) is 11.3 Å². The van der Waals surface area contributed by atoms with Gasteiger partial charge in [0.25, 0.3) is 0 Å². The second-order valence-electron chi connectivity index (χ2n) is 5.70. The molecule has 2 atom stereocenters. The van der Waals surface area contributed by atoms with Crippen molar-refractivity contribution in [3.05, 3.63) is 75.9 Å². The summed E-state index contributed by atoms with van der Waals surface area (Å²) in [6, 6.07) is 17.2. The summed E-state index contributed by atoms with van der Waals surface area (Å²) in [7, 11) is 0. The lowest BCUT2D eigenvalue weighted by molar-refractivity contribution is 0.291. The van der Waals surface area contributed by atoms with Gasteiger partial charge in [-0.2, -0.15) is 0 Å². The Bertz CT molecular complexity index is 820. The van der Waals surface area contributed by atoms with Crippen LogP contribution >= 0.6 is 15.9 Å². The normalized spacial score (nSPS) is 13.6. The maximum absolute atomic E-state index is 12.9. The van der Waals surface area contributed by atoms with E-state index in [-0.39, 0.29) is 6.61 Å². The summed E-state index contributed by atoms with van der Waals surface area (Å²) in [5, 5.41) is 13.4. The van der Waals surface area contributed by atoms with Crippen molar-refractivity contribution in [1.29, 1.82) is 0 Å². The van der Waals surface area contributed by atoms with Gasteiger partial charge >= 0.3 is 0 Å². The minimum atomic E-state index is -1.30. The van der Waals surface area contributed by atoms with E-state index in [1.807, 2.05) is 61.5 Å². The van der Waals surface area contributed by atoms with Gasteiger partial charge in [-0.05, 0) is 30.2 Å². The molecule has 25 heavy (non-hydrogen) atoms. The molecule has 0 aliphatic carbocycles. The average Bonchev–Trinajstić information content (AvgIpc) is 2.99. The molecule has 1 unspecified atom stereocenters. The van der Waals surface area contributed by atoms with Gasteiger partial charge in [0.15, 0.2) is 11.0 Å². The van der Waals surface area contributed by atoms with E-state index >= 15 is 0 Å². The van der Waals surface area contributed by atoms with E-state index in [2.05, 4.69) is 21.1 Å². The largest absolute Gasteiger partial charge is 0.616 e. The lowest BCUT2D eigenvalue weighted by Gasteiger charge is -2.20. The number of halogens is 1. The van der Waals surface area contributed by atoms with Crippen LogP contribution in [0, 0.1) is 6.92 Å². The summed E-state index contributed by atoms with van der Waals surface area (Å²) in [6.07, 6.45) is 0. The first-order valence-corrected chi connectivity index (χ1v) is 10.0. The van der Waals surface area contributed by atoms with E-state index < -0.39 is 16.4 Å². The number of hydrogen-bond acceptors (Lipinski definition) is 4. The molecule has 6 heteroatoms. The van der Waals surface area contributed by atoms with Gasteiger partial charge in [0.1, 0.15) is 5.75 Å². The van der Waals surface area contributed by atoms with Crippen LogP contribution < -0.4 is 0 Å². The molecular formula is C19H18BrNO3S. The highest BCUT2D eigenvalue weighted by Crippen LogP contribution is 2.36. The summed E-state index contributed by atoms with van der Waals surface area (Å²) >= 11 is 2.11. The predicted octanol–water partition coefficient (Wildman–Crippen LogP) is 4.39. The summed E-state index contributed by atoms with van der Waals surface area (Å²) in [5.74, 6) is 0.932. The quantitative estimate of drug-likeness (QED) is 0.601. The summed E-state index contributed by atoms with van der Waals surface area (Å²) in [5.41, 5.74) is 3.17. The molecule has 0 bridgehead atoms. The number of aliphatic hydroxyl groups excluding tert-OH is 1. The molecule has 3 aromatic rings. The zero-order valence-corrected chi connectivity index (χ0v) is 16.1. The highest BCUT2D eigenvalue weighted by Gasteiger charge is 2.32. The van der Waals surface area contributed by atoms with Crippen molar-refractivity contribution in [2.75, 3.05) is 6.61 Å². The van der Waals surface area contributed by atoms with Crippen molar-refractivity contribution in [1.82, 2.24) is 5.16 Å². The molecule has 0 radical (unpaired) electrons. The molecule has 0 saturated heterocycles. The first kappa shape index (κ1) is 18.2. The topological polar surface area (TPSA) is 69.3 Å². The van der Waals surface area contributed by atoms with Gasteiger partial charge in [-0.3, -0.25) is 0 Å². The third-order valence-electron chi connectivity index (χ3n) is 3.97. The van der Waals surface area contributed by atoms with Crippen LogP contribution in [-0.2, 0) is 16.9 Å². The van der Waals surface area contributed by atoms with Crippen LogP contribution in [0.2, 0.25) is 0 Å². The Morgan fingerprint density at radius 1 is 1.16 bits per heavy atom. The number of nitrogens with zero attached hydrogens (tertiary/aromatic N) is 1. The third-order valence-corrected chi connectivity index (χ3v) is 6.14. The fraction of sp³-hybridized carbons (Fsp3) is 0.211. The molecule has 0 saturated carbocycles. The third kappa shape index (κ3) is 4.15. The Morgan fingerprint density at radius 2 is 1.84 bits per heavy atom. The molecule has 0 aliphatic rings. The summed E-state index contributed by atoms with van der Waals surface area (Å²) < 4.78 is 19.4. The molecule has 0 aliphatic heterocycles. The monoisotopic (exact) mass is 419 g/mol. The zero-order chi connectivity index (χ0) is 17.8. The van der Waals surface area contributed by atoms with Crippen molar-refractivity contribution in [2.45, 2.75) is 17.9 Å². The van der Waals surface area contributed by atoms with Crippen LogP contribution in [0.3, 0.4) is 0 Å². The van der Waals surface area contributed by atoms with Gasteiger partial charge in [0, 0.05) is 15.6 Å². The van der Waals surface area contributed by atoms with Crippen LogP contribution in [0.15, 0.2) is 63.6 Å². The molecule has 2 aromatic carbocycles. The van der Waals surface area contributed by atoms with E-state index in [9.17, 15) is 9.66 Å². The SMILES string of the molecule is Cc1noc(-c2ccc(Br)cc2)c1[C@@H](CO)[S+]([O-])Cc1ccccc1. The van der Waals surface area contributed by atoms with E-state index in [4.69, 9.17) is 4.52 Å². The van der Waals surface area contributed by atoms with Gasteiger partial charge in [-0.25, -0.2) is 0 Å². The Labute approximate surface area is 158 Å². The fourth-order valence-electron chi connectivity index (χ4n) is 2.71. The molecule has 0 spiro atoms. The Balaban J connectivity index is 1.93. The van der Waals surface area contributed by atoms with Gasteiger partial charge in [0.05, 0.1) is 17.9 Å². The molecule has 1 N–H and O–H groups in total. The molecule has 3 rings (SSSR count). The van der Waals surface area contributed by atoms with Gasteiger partial charge < -0.3 is 14.2 Å². The minimum absolute atomic E-state index is 0.231. The minimum Gasteiger partial charge on any atom is -0.616 e. The van der Waals surface area contributed by atoms with E-state index in [0.717, 1.165) is 15.6 Å². The second-order valence-corrected chi connectivity index (χ2v) is 8.23. The number of aromatic nitrogens is 1. The maximum atomic E-state index is 12.9. The number of aliphatic hydroxyl groups is 1. The highest BCUT2D eigenvalue weighted by atomic mass is 79.9. The number of hydrogen-bond donors (Lipinski definition) is 1. The average molecular weight is 420 g/mol. The second kappa shape index (κ2) is 8.19. The summed E-state index contributed by atoms with van der Waals surface area (Å²) in [4.78, 5) is 0. The van der Waals surface area contributed by atoms with Crippen molar-refractivity contribution in [2.24, 2.45) is 0 Å². The molecule has 0 fully saturated rings. The Morgan fingerprint density at radius 3 is 2.48 bits per heavy atom. The van der Waals surface area contributed by atoms with Crippen LogP contribution in [0.25, 0.3) is 11.3 Å². The van der Waals surface area contributed by atoms with Gasteiger partial charge in [0.2, 0.25) is 0 Å². The Kier molecular flexibility index (Phi) is 5.96. The lowest BCUT2D eigenvalue weighted by atomic mass is 10.0. The summed E-state index contributed by atoms with van der Waals surface area (Å²) in [6.45, 7) is 1.58. The molecule has 130 valence electrons. The number of aryl methyl sites for hydroxylation is 1. The van der Waals surface area contributed by atoms with Crippen molar-refractivity contribution in [3.63, 3.8) is 0 Å². The standard InChI is InChI=1S/C19H18BrNO3S/c1-13-18(19(24-21-13)15-7-9-16(20)10-8-15)17(11-22)25(23)12-14-5-3-2-4-6-14/h2-10,17,22H,11-12H2,1H3/t17-,25?/m1/s1. The van der Waals surface area contributed by atoms with Gasteiger partial charge in [-0.15, -0.1) is 0 Å². The number of benzene rings is 2. The van der Waals surface area contributed by atoms with Crippen LogP contribution in [0.5, 0.6) is 0 Å². The van der Waals surface area contributed by atoms with Gasteiger partial charge in [-0.1, -0.05) is 63.6 Å². The molecule has 1 aromatic heterocycles. The fourth-order valence-corrected chi connectivity index (χ4v) is 4.40. The van der Waals surface area contributed by atoms with Crippen molar-refractivity contribution < 1.29 is 14.2 Å². The lowest BCUT2D eigenvalue weighted by Crippen LogP contribution is -2.20. The zero-order valence-electron chi connectivity index (χ0n) is 13.7. The smallest absolute Gasteiger partial charge is 0.175 e. The first-order valence-electron chi connectivity index (χ1n) is 7.84. The van der Waals surface area contributed by atoms with Crippen LogP contribution in [-0.4, -0.2) is 21.4 Å². The molecule has 1 heterocycles. The molecule has 0 amide bonds. The first-order chi connectivity index (χ1) is 12.1. The van der Waals surface area contributed by atoms with Crippen LogP contribution in [0.4, 0.5) is 0 Å². The predicted molar refractivity (Wildman–Crippen MR) is 102 cm³/mol. The molecular weight excluding hydrogens is 402 g/mol. The van der Waals surface area contributed by atoms with Crippen LogP contribution in [0.1, 0.15) is 22.1 Å². The highest BCUT2D eigenvalue weighted by molar-refractivity contribution is 9.10. The number of rotatable bonds is 6.